The molecule has 1 aromatic heterocycles. The van der Waals surface area contributed by atoms with Gasteiger partial charge in [-0.3, -0.25) is 9.59 Å². The molecule has 0 saturated carbocycles. The quantitative estimate of drug-likeness (QED) is 0.364. The highest BCUT2D eigenvalue weighted by Gasteiger charge is 2.33. The van der Waals surface area contributed by atoms with E-state index in [1.54, 1.807) is 24.3 Å². The van der Waals surface area contributed by atoms with Gasteiger partial charge in [-0.15, -0.1) is 5.10 Å². The molecule has 10 heteroatoms. The molecule has 0 radical (unpaired) electrons. The van der Waals surface area contributed by atoms with Gasteiger partial charge in [0.05, 0.1) is 11.6 Å². The SMILES string of the molecule is O=C(NC[C@@H]1CCCO1)[C@H](c1ccc(F)cc1)N(Cc1ccc(F)cc1)C(=O)Cn1nnc2ccccc21. The zero-order chi connectivity index (χ0) is 26.5. The monoisotopic (exact) mass is 519 g/mol. The molecule has 2 heterocycles. The maximum absolute atomic E-state index is 13.9. The molecule has 1 fully saturated rings. The van der Waals surface area contributed by atoms with E-state index in [4.69, 9.17) is 4.74 Å². The summed E-state index contributed by atoms with van der Waals surface area (Å²) in [4.78, 5) is 28.9. The first kappa shape index (κ1) is 25.5. The number of benzene rings is 3. The summed E-state index contributed by atoms with van der Waals surface area (Å²) in [5.74, 6) is -1.71. The van der Waals surface area contributed by atoms with Gasteiger partial charge in [0, 0.05) is 19.7 Å². The van der Waals surface area contributed by atoms with E-state index in [1.165, 1.54) is 46.0 Å². The maximum Gasteiger partial charge on any atom is 0.247 e. The molecule has 0 aliphatic carbocycles. The summed E-state index contributed by atoms with van der Waals surface area (Å²) in [6.07, 6.45) is 1.65. The number of carbonyl (C=O) groups is 2. The second kappa shape index (κ2) is 11.5. The molecule has 1 N–H and O–H groups in total. The van der Waals surface area contributed by atoms with Crippen molar-refractivity contribution in [2.75, 3.05) is 13.2 Å². The molecule has 196 valence electrons. The summed E-state index contributed by atoms with van der Waals surface area (Å²) in [6, 6.07) is 17.4. The van der Waals surface area contributed by atoms with Gasteiger partial charge in [0.15, 0.2) is 0 Å². The fraction of sp³-hybridized carbons (Fsp3) is 0.286. The molecule has 4 aromatic rings. The first-order chi connectivity index (χ1) is 18.5. The molecular formula is C28H27F2N5O3. The Bertz CT molecular complexity index is 1400. The molecule has 1 saturated heterocycles. The summed E-state index contributed by atoms with van der Waals surface area (Å²) in [7, 11) is 0. The molecule has 1 aliphatic heterocycles. The Balaban J connectivity index is 1.49. The highest BCUT2D eigenvalue weighted by Crippen LogP contribution is 2.26. The van der Waals surface area contributed by atoms with Gasteiger partial charge in [0.25, 0.3) is 0 Å². The number of halogens is 2. The number of hydrogen-bond acceptors (Lipinski definition) is 5. The number of para-hydroxylation sites is 1. The van der Waals surface area contributed by atoms with Crippen molar-refractivity contribution in [3.05, 3.63) is 95.6 Å². The molecule has 0 unspecified atom stereocenters. The number of carbonyl (C=O) groups excluding carboxylic acids is 2. The summed E-state index contributed by atoms with van der Waals surface area (Å²) < 4.78 is 34.5. The van der Waals surface area contributed by atoms with Crippen molar-refractivity contribution in [1.82, 2.24) is 25.2 Å². The molecule has 38 heavy (non-hydrogen) atoms. The Morgan fingerprint density at radius 3 is 2.45 bits per heavy atom. The summed E-state index contributed by atoms with van der Waals surface area (Å²) >= 11 is 0. The second-order valence-corrected chi connectivity index (χ2v) is 9.22. The minimum atomic E-state index is -1.08. The smallest absolute Gasteiger partial charge is 0.247 e. The molecule has 5 rings (SSSR count). The largest absolute Gasteiger partial charge is 0.376 e. The Morgan fingerprint density at radius 2 is 1.74 bits per heavy atom. The van der Waals surface area contributed by atoms with Crippen LogP contribution in [0.15, 0.2) is 72.8 Å². The second-order valence-electron chi connectivity index (χ2n) is 9.22. The third-order valence-electron chi connectivity index (χ3n) is 6.57. The topological polar surface area (TPSA) is 89.4 Å². The van der Waals surface area contributed by atoms with Crippen LogP contribution in [0.25, 0.3) is 11.0 Å². The fourth-order valence-corrected chi connectivity index (χ4v) is 4.60. The van der Waals surface area contributed by atoms with Crippen LogP contribution < -0.4 is 5.32 Å². The van der Waals surface area contributed by atoms with Crippen molar-refractivity contribution < 1.29 is 23.1 Å². The van der Waals surface area contributed by atoms with E-state index in [0.717, 1.165) is 12.8 Å². The van der Waals surface area contributed by atoms with Crippen molar-refractivity contribution in [3.63, 3.8) is 0 Å². The molecule has 2 atom stereocenters. The van der Waals surface area contributed by atoms with Gasteiger partial charge in [0.2, 0.25) is 11.8 Å². The van der Waals surface area contributed by atoms with Gasteiger partial charge < -0.3 is 15.0 Å². The van der Waals surface area contributed by atoms with E-state index in [9.17, 15) is 18.4 Å². The van der Waals surface area contributed by atoms with Crippen LogP contribution in [-0.4, -0.2) is 51.0 Å². The normalized spacial score (nSPS) is 15.9. The van der Waals surface area contributed by atoms with Crippen molar-refractivity contribution in [1.29, 1.82) is 0 Å². The number of fused-ring (bicyclic) bond motifs is 1. The lowest BCUT2D eigenvalue weighted by atomic mass is 10.0. The van der Waals surface area contributed by atoms with E-state index in [-0.39, 0.29) is 19.2 Å². The van der Waals surface area contributed by atoms with E-state index in [1.807, 2.05) is 12.1 Å². The van der Waals surface area contributed by atoms with Crippen LogP contribution in [0, 0.1) is 11.6 Å². The van der Waals surface area contributed by atoms with Gasteiger partial charge in [0.1, 0.15) is 29.7 Å². The predicted molar refractivity (Wildman–Crippen MR) is 136 cm³/mol. The molecule has 1 aliphatic rings. The Hall–Kier alpha value is -4.18. The minimum Gasteiger partial charge on any atom is -0.376 e. The van der Waals surface area contributed by atoms with Gasteiger partial charge in [-0.2, -0.15) is 0 Å². The lowest BCUT2D eigenvalue weighted by Crippen LogP contribution is -2.46. The Morgan fingerprint density at radius 1 is 1.03 bits per heavy atom. The third-order valence-corrected chi connectivity index (χ3v) is 6.57. The third kappa shape index (κ3) is 5.86. The van der Waals surface area contributed by atoms with Crippen molar-refractivity contribution >= 4 is 22.8 Å². The zero-order valence-electron chi connectivity index (χ0n) is 20.6. The molecule has 2 amide bonds. The first-order valence-electron chi connectivity index (χ1n) is 12.4. The van der Waals surface area contributed by atoms with Gasteiger partial charge >= 0.3 is 0 Å². The van der Waals surface area contributed by atoms with Crippen LogP contribution in [0.2, 0.25) is 0 Å². The van der Waals surface area contributed by atoms with Crippen molar-refractivity contribution in [3.8, 4) is 0 Å². The van der Waals surface area contributed by atoms with Gasteiger partial charge in [-0.1, -0.05) is 41.6 Å². The van der Waals surface area contributed by atoms with E-state index in [2.05, 4.69) is 15.6 Å². The average molecular weight is 520 g/mol. The van der Waals surface area contributed by atoms with Crippen LogP contribution >= 0.6 is 0 Å². The standard InChI is InChI=1S/C28H27F2N5O3/c29-21-11-7-19(8-12-21)17-34(26(36)18-35-25-6-2-1-5-24(25)32-33-35)27(20-9-13-22(30)14-10-20)28(37)31-16-23-4-3-15-38-23/h1-2,5-14,23,27H,3-4,15-18H2,(H,31,37)/t23-,27-/m0/s1. The summed E-state index contributed by atoms with van der Waals surface area (Å²) in [5.41, 5.74) is 2.37. The van der Waals surface area contributed by atoms with Crippen molar-refractivity contribution in [2.24, 2.45) is 0 Å². The van der Waals surface area contributed by atoms with Crippen LogP contribution in [0.5, 0.6) is 0 Å². The number of aromatic nitrogens is 3. The van der Waals surface area contributed by atoms with E-state index in [0.29, 0.717) is 35.3 Å². The Labute approximate surface area is 218 Å². The molecule has 0 spiro atoms. The van der Waals surface area contributed by atoms with Crippen LogP contribution in [0.4, 0.5) is 8.78 Å². The zero-order valence-corrected chi connectivity index (χ0v) is 20.6. The van der Waals surface area contributed by atoms with Crippen LogP contribution in [-0.2, 0) is 27.4 Å². The lowest BCUT2D eigenvalue weighted by molar-refractivity contribution is -0.142. The minimum absolute atomic E-state index is 0.0150. The van der Waals surface area contributed by atoms with Crippen LogP contribution in [0.3, 0.4) is 0 Å². The summed E-state index contributed by atoms with van der Waals surface area (Å²) in [6.45, 7) is 0.769. The van der Waals surface area contributed by atoms with E-state index >= 15 is 0 Å². The number of nitrogens with zero attached hydrogens (tertiary/aromatic N) is 4. The van der Waals surface area contributed by atoms with Crippen molar-refractivity contribution in [2.45, 2.75) is 38.1 Å². The molecular weight excluding hydrogens is 492 g/mol. The van der Waals surface area contributed by atoms with Crippen LogP contribution in [0.1, 0.15) is 30.0 Å². The molecule has 3 aromatic carbocycles. The number of hydrogen-bond donors (Lipinski definition) is 1. The number of rotatable bonds is 9. The van der Waals surface area contributed by atoms with E-state index < -0.39 is 29.5 Å². The highest BCUT2D eigenvalue weighted by atomic mass is 19.1. The van der Waals surface area contributed by atoms with Gasteiger partial charge in [-0.05, 0) is 60.4 Å². The molecule has 8 nitrogen and oxygen atoms in total. The number of nitrogens with one attached hydrogen (secondary N) is 1. The van der Waals surface area contributed by atoms with Gasteiger partial charge in [-0.25, -0.2) is 13.5 Å². The Kier molecular flexibility index (Phi) is 7.69. The maximum atomic E-state index is 13.9. The highest BCUT2D eigenvalue weighted by molar-refractivity contribution is 5.89. The average Bonchev–Trinajstić information content (AvgIpc) is 3.60. The fourth-order valence-electron chi connectivity index (χ4n) is 4.60. The summed E-state index contributed by atoms with van der Waals surface area (Å²) in [5, 5.41) is 11.1. The number of ether oxygens (including phenoxy) is 1. The number of amides is 2. The predicted octanol–water partition coefficient (Wildman–Crippen LogP) is 3.77. The first-order valence-corrected chi connectivity index (χ1v) is 12.4. The lowest BCUT2D eigenvalue weighted by Gasteiger charge is -2.32. The molecule has 0 bridgehead atoms.